The topological polar surface area (TPSA) is 103 Å². The SMILES string of the molecule is CCOc1ncnc(NCc2cccnc2)c1[N+](=O)[O-]. The fraction of sp³-hybridized carbons (Fsp3) is 0.250. The third-order valence-electron chi connectivity index (χ3n) is 2.44. The van der Waals surface area contributed by atoms with Crippen LogP contribution in [0.4, 0.5) is 11.5 Å². The molecule has 2 aromatic rings. The van der Waals surface area contributed by atoms with Crippen molar-refractivity contribution >= 4 is 11.5 Å². The van der Waals surface area contributed by atoms with Crippen molar-refractivity contribution in [2.24, 2.45) is 0 Å². The van der Waals surface area contributed by atoms with Crippen LogP contribution in [0.15, 0.2) is 30.9 Å². The van der Waals surface area contributed by atoms with Gasteiger partial charge in [0.1, 0.15) is 6.33 Å². The Morgan fingerprint density at radius 3 is 2.95 bits per heavy atom. The van der Waals surface area contributed by atoms with Gasteiger partial charge < -0.3 is 10.1 Å². The van der Waals surface area contributed by atoms with Crippen molar-refractivity contribution in [2.45, 2.75) is 13.5 Å². The average molecular weight is 275 g/mol. The zero-order chi connectivity index (χ0) is 14.4. The summed E-state index contributed by atoms with van der Waals surface area (Å²) < 4.78 is 5.15. The van der Waals surface area contributed by atoms with Crippen LogP contribution in [0.3, 0.4) is 0 Å². The minimum Gasteiger partial charge on any atom is -0.473 e. The maximum atomic E-state index is 11.1. The van der Waals surface area contributed by atoms with Gasteiger partial charge in [0.25, 0.3) is 5.88 Å². The summed E-state index contributed by atoms with van der Waals surface area (Å²) >= 11 is 0. The van der Waals surface area contributed by atoms with Gasteiger partial charge in [-0.25, -0.2) is 4.98 Å². The van der Waals surface area contributed by atoms with E-state index < -0.39 is 4.92 Å². The first-order valence-corrected chi connectivity index (χ1v) is 5.97. The Morgan fingerprint density at radius 2 is 2.30 bits per heavy atom. The average Bonchev–Trinajstić information content (AvgIpc) is 2.46. The number of nitrogens with one attached hydrogen (secondary N) is 1. The summed E-state index contributed by atoms with van der Waals surface area (Å²) in [6.07, 6.45) is 4.55. The molecule has 0 aliphatic heterocycles. The molecule has 0 bridgehead atoms. The Bertz CT molecular complexity index is 591. The van der Waals surface area contributed by atoms with Crippen molar-refractivity contribution in [1.29, 1.82) is 0 Å². The van der Waals surface area contributed by atoms with E-state index in [1.807, 2.05) is 6.07 Å². The maximum absolute atomic E-state index is 11.1. The molecule has 0 aliphatic carbocycles. The molecule has 0 spiro atoms. The standard InChI is InChI=1S/C12H13N5O3/c1-2-20-12-10(17(18)19)11(15-8-16-12)14-7-9-4-3-5-13-6-9/h3-6,8H,2,7H2,1H3,(H,14,15,16). The highest BCUT2D eigenvalue weighted by atomic mass is 16.6. The first-order valence-electron chi connectivity index (χ1n) is 5.97. The van der Waals surface area contributed by atoms with Crippen LogP contribution in [-0.2, 0) is 6.54 Å². The van der Waals surface area contributed by atoms with Crippen LogP contribution in [0.25, 0.3) is 0 Å². The second kappa shape index (κ2) is 6.41. The molecule has 0 amide bonds. The number of aromatic nitrogens is 3. The van der Waals surface area contributed by atoms with Gasteiger partial charge in [-0.2, -0.15) is 4.98 Å². The Morgan fingerprint density at radius 1 is 1.45 bits per heavy atom. The lowest BCUT2D eigenvalue weighted by molar-refractivity contribution is -0.385. The van der Waals surface area contributed by atoms with E-state index in [0.717, 1.165) is 5.56 Å². The van der Waals surface area contributed by atoms with Crippen LogP contribution in [0, 0.1) is 10.1 Å². The second-order valence-electron chi connectivity index (χ2n) is 3.78. The minimum absolute atomic E-state index is 0.0406. The van der Waals surface area contributed by atoms with Crippen molar-refractivity contribution in [3.63, 3.8) is 0 Å². The number of anilines is 1. The fourth-order valence-corrected chi connectivity index (χ4v) is 1.59. The minimum atomic E-state index is -0.559. The van der Waals surface area contributed by atoms with E-state index in [4.69, 9.17) is 4.74 Å². The molecule has 20 heavy (non-hydrogen) atoms. The molecule has 8 nitrogen and oxygen atoms in total. The zero-order valence-corrected chi connectivity index (χ0v) is 10.8. The summed E-state index contributed by atoms with van der Waals surface area (Å²) in [5.74, 6) is 0.0819. The smallest absolute Gasteiger partial charge is 0.372 e. The molecule has 0 saturated heterocycles. The molecule has 0 aromatic carbocycles. The monoisotopic (exact) mass is 275 g/mol. The van der Waals surface area contributed by atoms with Gasteiger partial charge in [-0.15, -0.1) is 0 Å². The Labute approximate surface area is 115 Å². The van der Waals surface area contributed by atoms with E-state index in [-0.39, 0.29) is 17.4 Å². The predicted octanol–water partition coefficient (Wildman–Crippen LogP) is 1.79. The molecule has 2 aromatic heterocycles. The van der Waals surface area contributed by atoms with Gasteiger partial charge in [-0.3, -0.25) is 15.1 Å². The van der Waals surface area contributed by atoms with Crippen LogP contribution in [0.1, 0.15) is 12.5 Å². The van der Waals surface area contributed by atoms with E-state index >= 15 is 0 Å². The van der Waals surface area contributed by atoms with E-state index in [2.05, 4.69) is 20.3 Å². The summed E-state index contributed by atoms with van der Waals surface area (Å²) in [7, 11) is 0. The number of hydrogen-bond acceptors (Lipinski definition) is 7. The third kappa shape index (κ3) is 3.16. The molecule has 8 heteroatoms. The summed E-state index contributed by atoms with van der Waals surface area (Å²) in [6.45, 7) is 2.39. The van der Waals surface area contributed by atoms with E-state index in [1.165, 1.54) is 6.33 Å². The van der Waals surface area contributed by atoms with Crippen LogP contribution >= 0.6 is 0 Å². The molecule has 2 rings (SSSR count). The van der Waals surface area contributed by atoms with Crippen LogP contribution < -0.4 is 10.1 Å². The van der Waals surface area contributed by atoms with Gasteiger partial charge >= 0.3 is 5.69 Å². The molecule has 2 heterocycles. The summed E-state index contributed by atoms with van der Waals surface area (Å²) in [4.78, 5) is 22.2. The van der Waals surface area contributed by atoms with Crippen molar-refractivity contribution in [1.82, 2.24) is 15.0 Å². The highest BCUT2D eigenvalue weighted by Crippen LogP contribution is 2.30. The summed E-state index contributed by atoms with van der Waals surface area (Å²) in [6, 6.07) is 3.65. The van der Waals surface area contributed by atoms with Gasteiger partial charge in [0.05, 0.1) is 11.5 Å². The molecule has 0 unspecified atom stereocenters. The van der Waals surface area contributed by atoms with E-state index in [9.17, 15) is 10.1 Å². The van der Waals surface area contributed by atoms with Gasteiger partial charge in [0.2, 0.25) is 5.82 Å². The molecule has 1 N–H and O–H groups in total. The fourth-order valence-electron chi connectivity index (χ4n) is 1.59. The van der Waals surface area contributed by atoms with Gasteiger partial charge in [-0.05, 0) is 18.6 Å². The van der Waals surface area contributed by atoms with Crippen LogP contribution in [0.5, 0.6) is 5.88 Å². The third-order valence-corrected chi connectivity index (χ3v) is 2.44. The van der Waals surface area contributed by atoms with Crippen molar-refractivity contribution < 1.29 is 9.66 Å². The summed E-state index contributed by atoms with van der Waals surface area (Å²) in [5.41, 5.74) is 0.622. The van der Waals surface area contributed by atoms with Gasteiger partial charge in [0.15, 0.2) is 0 Å². The molecule has 0 radical (unpaired) electrons. The molecular formula is C12H13N5O3. The number of hydrogen-bond donors (Lipinski definition) is 1. The first kappa shape index (κ1) is 13.7. The Kier molecular flexibility index (Phi) is 4.38. The largest absolute Gasteiger partial charge is 0.473 e. The summed E-state index contributed by atoms with van der Waals surface area (Å²) in [5, 5.41) is 14.0. The highest BCUT2D eigenvalue weighted by Gasteiger charge is 2.23. The normalized spacial score (nSPS) is 10.1. The van der Waals surface area contributed by atoms with Crippen molar-refractivity contribution in [2.75, 3.05) is 11.9 Å². The number of rotatable bonds is 6. The highest BCUT2D eigenvalue weighted by molar-refractivity contribution is 5.61. The van der Waals surface area contributed by atoms with E-state index in [0.29, 0.717) is 13.2 Å². The first-order chi connectivity index (χ1) is 9.72. The number of ether oxygens (including phenoxy) is 1. The second-order valence-corrected chi connectivity index (χ2v) is 3.78. The molecule has 0 atom stereocenters. The van der Waals surface area contributed by atoms with Gasteiger partial charge in [0, 0.05) is 18.9 Å². The van der Waals surface area contributed by atoms with E-state index in [1.54, 1.807) is 25.4 Å². The van der Waals surface area contributed by atoms with Crippen molar-refractivity contribution in [3.05, 3.63) is 46.5 Å². The van der Waals surface area contributed by atoms with Crippen LogP contribution in [-0.4, -0.2) is 26.5 Å². The van der Waals surface area contributed by atoms with Gasteiger partial charge in [-0.1, -0.05) is 6.07 Å². The quantitative estimate of drug-likeness (QED) is 0.633. The lowest BCUT2D eigenvalue weighted by Crippen LogP contribution is -2.08. The Hall–Kier alpha value is -2.77. The number of nitrogens with zero attached hydrogens (tertiary/aromatic N) is 4. The molecule has 104 valence electrons. The molecular weight excluding hydrogens is 262 g/mol. The Balaban J connectivity index is 2.22. The maximum Gasteiger partial charge on any atom is 0.372 e. The number of nitro groups is 1. The molecule has 0 saturated carbocycles. The lowest BCUT2D eigenvalue weighted by atomic mass is 10.3. The lowest BCUT2D eigenvalue weighted by Gasteiger charge is -2.08. The molecule has 0 aliphatic rings. The number of pyridine rings is 1. The predicted molar refractivity (Wildman–Crippen MR) is 71.4 cm³/mol. The van der Waals surface area contributed by atoms with Crippen molar-refractivity contribution in [3.8, 4) is 5.88 Å². The van der Waals surface area contributed by atoms with Crippen LogP contribution in [0.2, 0.25) is 0 Å². The zero-order valence-electron chi connectivity index (χ0n) is 10.8. The molecule has 0 fully saturated rings.